The van der Waals surface area contributed by atoms with Crippen LogP contribution in [-0.2, 0) is 0 Å². The molecule has 0 aromatic heterocycles. The first-order valence-corrected chi connectivity index (χ1v) is 6.34. The highest BCUT2D eigenvalue weighted by Gasteiger charge is 2.25. The Balaban J connectivity index is 0.00000180. The molecule has 1 aromatic rings. The number of rotatable bonds is 2. The summed E-state index contributed by atoms with van der Waals surface area (Å²) in [5, 5.41) is 3.18. The molecule has 1 N–H and O–H groups in total. The minimum absolute atomic E-state index is 0. The summed E-state index contributed by atoms with van der Waals surface area (Å²) in [6, 6.07) is 5.08. The summed E-state index contributed by atoms with van der Waals surface area (Å²) >= 11 is 0. The van der Waals surface area contributed by atoms with Crippen LogP contribution in [0.15, 0.2) is 18.2 Å². The van der Waals surface area contributed by atoms with E-state index in [4.69, 9.17) is 0 Å². The van der Waals surface area contributed by atoms with E-state index in [0.717, 1.165) is 18.4 Å². The standard InChI is InChI=1S/C14H19FN2O.ClH/c1-10-5-6-12(13(15)8-10)14(18)17-7-3-4-11(9-17)16-2;/h5-6,8,11,16H,3-4,7,9H2,1-2H3;1H/t11-;/m1./s1. The second kappa shape index (κ2) is 6.87. The van der Waals surface area contributed by atoms with Gasteiger partial charge >= 0.3 is 0 Å². The van der Waals surface area contributed by atoms with Crippen molar-refractivity contribution in [3.05, 3.63) is 35.1 Å². The SMILES string of the molecule is CN[C@@H]1CCCN(C(=O)c2ccc(C)cc2F)C1.Cl. The molecular weight excluding hydrogens is 267 g/mol. The van der Waals surface area contributed by atoms with Gasteiger partial charge in [-0.15, -0.1) is 12.4 Å². The van der Waals surface area contributed by atoms with E-state index in [1.165, 1.54) is 6.07 Å². The van der Waals surface area contributed by atoms with E-state index in [1.54, 1.807) is 17.0 Å². The lowest BCUT2D eigenvalue weighted by atomic mass is 10.0. The largest absolute Gasteiger partial charge is 0.337 e. The van der Waals surface area contributed by atoms with Crippen LogP contribution in [0, 0.1) is 12.7 Å². The highest BCUT2D eigenvalue weighted by Crippen LogP contribution is 2.16. The van der Waals surface area contributed by atoms with Gasteiger partial charge in [-0.3, -0.25) is 4.79 Å². The quantitative estimate of drug-likeness (QED) is 0.905. The van der Waals surface area contributed by atoms with Crippen LogP contribution in [0.2, 0.25) is 0 Å². The Labute approximate surface area is 119 Å². The Morgan fingerprint density at radius 1 is 1.47 bits per heavy atom. The number of benzene rings is 1. The van der Waals surface area contributed by atoms with Crippen LogP contribution in [0.1, 0.15) is 28.8 Å². The molecule has 1 atom stereocenters. The van der Waals surface area contributed by atoms with Crippen molar-refractivity contribution in [3.63, 3.8) is 0 Å². The van der Waals surface area contributed by atoms with Gasteiger partial charge in [0.05, 0.1) is 5.56 Å². The number of halogens is 2. The zero-order valence-corrected chi connectivity index (χ0v) is 12.1. The van der Waals surface area contributed by atoms with Crippen molar-refractivity contribution in [2.75, 3.05) is 20.1 Å². The number of aryl methyl sites for hydroxylation is 1. The smallest absolute Gasteiger partial charge is 0.256 e. The van der Waals surface area contributed by atoms with Gasteiger partial charge in [0.15, 0.2) is 0 Å². The third-order valence-corrected chi connectivity index (χ3v) is 3.47. The van der Waals surface area contributed by atoms with Gasteiger partial charge in [0.2, 0.25) is 0 Å². The van der Waals surface area contributed by atoms with E-state index < -0.39 is 5.82 Å². The number of carbonyl (C=O) groups excluding carboxylic acids is 1. The van der Waals surface area contributed by atoms with E-state index in [0.29, 0.717) is 19.1 Å². The molecule has 1 fully saturated rings. The van der Waals surface area contributed by atoms with Crippen LogP contribution in [0.25, 0.3) is 0 Å². The third kappa shape index (κ3) is 3.67. The summed E-state index contributed by atoms with van der Waals surface area (Å²) in [6.07, 6.45) is 2.03. The maximum absolute atomic E-state index is 13.8. The van der Waals surface area contributed by atoms with Crippen molar-refractivity contribution in [3.8, 4) is 0 Å². The molecular formula is C14H20ClFN2O. The van der Waals surface area contributed by atoms with Crippen molar-refractivity contribution in [2.24, 2.45) is 0 Å². The average molecular weight is 287 g/mol. The molecule has 0 bridgehead atoms. The number of piperidine rings is 1. The molecule has 0 aliphatic carbocycles. The van der Waals surface area contributed by atoms with E-state index in [2.05, 4.69) is 5.32 Å². The average Bonchev–Trinajstić information content (AvgIpc) is 2.38. The first-order chi connectivity index (χ1) is 8.61. The molecule has 0 radical (unpaired) electrons. The monoisotopic (exact) mass is 286 g/mol. The zero-order valence-electron chi connectivity index (χ0n) is 11.3. The molecule has 106 valence electrons. The van der Waals surface area contributed by atoms with Gasteiger partial charge < -0.3 is 10.2 Å². The second-order valence-corrected chi connectivity index (χ2v) is 4.86. The Bertz CT molecular complexity index is 453. The molecule has 0 spiro atoms. The number of nitrogens with one attached hydrogen (secondary N) is 1. The van der Waals surface area contributed by atoms with Gasteiger partial charge in [0.1, 0.15) is 5.82 Å². The van der Waals surface area contributed by atoms with Crippen molar-refractivity contribution >= 4 is 18.3 Å². The number of hydrogen-bond acceptors (Lipinski definition) is 2. The van der Waals surface area contributed by atoms with Crippen molar-refractivity contribution < 1.29 is 9.18 Å². The second-order valence-electron chi connectivity index (χ2n) is 4.86. The van der Waals surface area contributed by atoms with Crippen molar-refractivity contribution in [2.45, 2.75) is 25.8 Å². The van der Waals surface area contributed by atoms with Crippen molar-refractivity contribution in [1.29, 1.82) is 0 Å². The van der Waals surface area contributed by atoms with E-state index in [-0.39, 0.29) is 23.9 Å². The topological polar surface area (TPSA) is 32.3 Å². The van der Waals surface area contributed by atoms with Gasteiger partial charge in [0.25, 0.3) is 5.91 Å². The Hall–Kier alpha value is -1.13. The van der Waals surface area contributed by atoms with Crippen LogP contribution in [0.3, 0.4) is 0 Å². The van der Waals surface area contributed by atoms with Crippen LogP contribution in [0.5, 0.6) is 0 Å². The van der Waals surface area contributed by atoms with Gasteiger partial charge in [-0.2, -0.15) is 0 Å². The molecule has 5 heteroatoms. The lowest BCUT2D eigenvalue weighted by molar-refractivity contribution is 0.0693. The summed E-state index contributed by atoms with van der Waals surface area (Å²) in [5.74, 6) is -0.626. The minimum atomic E-state index is -0.424. The molecule has 1 aliphatic rings. The molecule has 3 nitrogen and oxygen atoms in total. The van der Waals surface area contributed by atoms with Crippen molar-refractivity contribution in [1.82, 2.24) is 10.2 Å². The lowest BCUT2D eigenvalue weighted by Crippen LogP contribution is -2.47. The van der Waals surface area contributed by atoms with E-state index >= 15 is 0 Å². The fourth-order valence-corrected chi connectivity index (χ4v) is 2.36. The van der Waals surface area contributed by atoms with Crippen LogP contribution < -0.4 is 5.32 Å². The fourth-order valence-electron chi connectivity index (χ4n) is 2.36. The van der Waals surface area contributed by atoms with Crippen LogP contribution >= 0.6 is 12.4 Å². The Morgan fingerprint density at radius 3 is 2.84 bits per heavy atom. The molecule has 2 rings (SSSR count). The van der Waals surface area contributed by atoms with Gasteiger partial charge in [-0.05, 0) is 44.5 Å². The number of likely N-dealkylation sites (N-methyl/N-ethyl adjacent to an activating group) is 1. The number of carbonyl (C=O) groups is 1. The summed E-state index contributed by atoms with van der Waals surface area (Å²) < 4.78 is 13.8. The summed E-state index contributed by atoms with van der Waals surface area (Å²) in [7, 11) is 1.89. The molecule has 1 saturated heterocycles. The van der Waals surface area contributed by atoms with Crippen LogP contribution in [-0.4, -0.2) is 37.0 Å². The predicted octanol–water partition coefficient (Wildman–Crippen LogP) is 2.38. The molecule has 1 aliphatic heterocycles. The van der Waals surface area contributed by atoms with Gasteiger partial charge in [0, 0.05) is 19.1 Å². The number of nitrogens with zero attached hydrogens (tertiary/aromatic N) is 1. The summed E-state index contributed by atoms with van der Waals surface area (Å²) in [5.41, 5.74) is 1.01. The molecule has 19 heavy (non-hydrogen) atoms. The lowest BCUT2D eigenvalue weighted by Gasteiger charge is -2.32. The Morgan fingerprint density at radius 2 is 2.21 bits per heavy atom. The molecule has 0 saturated carbocycles. The first kappa shape index (κ1) is 15.9. The number of likely N-dealkylation sites (tertiary alicyclic amines) is 1. The minimum Gasteiger partial charge on any atom is -0.337 e. The summed E-state index contributed by atoms with van der Waals surface area (Å²) in [4.78, 5) is 14.0. The maximum Gasteiger partial charge on any atom is 0.256 e. The third-order valence-electron chi connectivity index (χ3n) is 3.47. The number of hydrogen-bond donors (Lipinski definition) is 1. The van der Waals surface area contributed by atoms with Gasteiger partial charge in [-0.25, -0.2) is 4.39 Å². The molecule has 1 heterocycles. The van der Waals surface area contributed by atoms with Crippen LogP contribution in [0.4, 0.5) is 4.39 Å². The highest BCUT2D eigenvalue weighted by molar-refractivity contribution is 5.94. The molecule has 1 amide bonds. The fraction of sp³-hybridized carbons (Fsp3) is 0.500. The predicted molar refractivity (Wildman–Crippen MR) is 76.4 cm³/mol. The van der Waals surface area contributed by atoms with Gasteiger partial charge in [-0.1, -0.05) is 6.07 Å². The normalized spacial score (nSPS) is 18.9. The maximum atomic E-state index is 13.8. The Kier molecular flexibility index (Phi) is 5.76. The molecule has 0 unspecified atom stereocenters. The summed E-state index contributed by atoms with van der Waals surface area (Å²) in [6.45, 7) is 3.18. The zero-order chi connectivity index (χ0) is 13.1. The molecule has 1 aromatic carbocycles. The van der Waals surface area contributed by atoms with E-state index in [1.807, 2.05) is 14.0 Å². The first-order valence-electron chi connectivity index (χ1n) is 6.34. The highest BCUT2D eigenvalue weighted by atomic mass is 35.5. The number of amides is 1. The van der Waals surface area contributed by atoms with E-state index in [9.17, 15) is 9.18 Å².